The van der Waals surface area contributed by atoms with E-state index in [0.29, 0.717) is 44.8 Å². The van der Waals surface area contributed by atoms with Crippen molar-refractivity contribution in [3.63, 3.8) is 0 Å². The summed E-state index contributed by atoms with van der Waals surface area (Å²) in [4.78, 5) is 28.5. The lowest BCUT2D eigenvalue weighted by Crippen LogP contribution is -2.30. The molecule has 6 heterocycles. The maximum absolute atomic E-state index is 13.7. The number of fused-ring (bicyclic) bond motifs is 4. The van der Waals surface area contributed by atoms with Crippen molar-refractivity contribution in [3.05, 3.63) is 66.1 Å². The van der Waals surface area contributed by atoms with Crippen LogP contribution in [-0.4, -0.2) is 44.8 Å². The number of aromatic nitrogens is 8. The van der Waals surface area contributed by atoms with Gasteiger partial charge in [0.05, 0.1) is 46.1 Å². The van der Waals surface area contributed by atoms with Crippen LogP contribution in [-0.2, 0) is 26.8 Å². The number of nitrogen functional groups attached to an aromatic ring is 1. The van der Waals surface area contributed by atoms with Gasteiger partial charge in [-0.05, 0) is 18.2 Å². The van der Waals surface area contributed by atoms with Crippen LogP contribution >= 0.6 is 0 Å². The fraction of sp³-hybridized carbons (Fsp3) is 0.174. The number of aromatic amines is 1. The number of alkyl halides is 3. The van der Waals surface area contributed by atoms with Gasteiger partial charge in [-0.2, -0.15) is 18.3 Å². The maximum Gasteiger partial charge on any atom is 0.417 e. The van der Waals surface area contributed by atoms with E-state index in [2.05, 4.69) is 25.1 Å². The molecule has 0 saturated heterocycles. The van der Waals surface area contributed by atoms with E-state index in [1.807, 2.05) is 0 Å². The van der Waals surface area contributed by atoms with E-state index >= 15 is 0 Å². The largest absolute Gasteiger partial charge is 0.417 e. The highest BCUT2D eigenvalue weighted by atomic mass is 19.4. The second-order valence-corrected chi connectivity index (χ2v) is 8.64. The number of halogens is 3. The van der Waals surface area contributed by atoms with Crippen LogP contribution in [0.5, 0.6) is 0 Å². The van der Waals surface area contributed by atoms with Crippen molar-refractivity contribution in [2.45, 2.75) is 12.7 Å². The molecule has 0 fully saturated rings. The fourth-order valence-corrected chi connectivity index (χ4v) is 4.34. The Balaban J connectivity index is 1.41. The number of rotatable bonds is 4. The van der Waals surface area contributed by atoms with Crippen LogP contribution in [0.15, 0.2) is 49.2 Å². The van der Waals surface area contributed by atoms with Crippen LogP contribution in [0.25, 0.3) is 27.6 Å². The number of hydrogen-bond donors (Lipinski definition) is 2. The van der Waals surface area contributed by atoms with E-state index in [1.165, 1.54) is 32.4 Å². The number of carbonyl (C=O) groups excluding carboxylic acids is 1. The topological polar surface area (TPSA) is 128 Å². The van der Waals surface area contributed by atoms with E-state index in [0.717, 1.165) is 12.3 Å². The van der Waals surface area contributed by atoms with Gasteiger partial charge in [0.2, 0.25) is 0 Å². The Morgan fingerprint density at radius 3 is 2.68 bits per heavy atom. The van der Waals surface area contributed by atoms with E-state index in [4.69, 9.17) is 5.73 Å². The molecule has 188 valence electrons. The molecule has 0 aliphatic heterocycles. The highest BCUT2D eigenvalue weighted by Gasteiger charge is 2.31. The van der Waals surface area contributed by atoms with Crippen molar-refractivity contribution in [3.8, 4) is 0 Å². The monoisotopic (exact) mass is 508 g/mol. The van der Waals surface area contributed by atoms with E-state index in [1.54, 1.807) is 37.2 Å². The third-order valence-corrected chi connectivity index (χ3v) is 6.10. The van der Waals surface area contributed by atoms with Crippen LogP contribution in [0.3, 0.4) is 0 Å². The van der Waals surface area contributed by atoms with Gasteiger partial charge in [-0.1, -0.05) is 0 Å². The lowest BCUT2D eigenvalue weighted by molar-refractivity contribution is -0.137. The van der Waals surface area contributed by atoms with Crippen LogP contribution in [0.1, 0.15) is 21.7 Å². The Labute approximate surface area is 205 Å². The van der Waals surface area contributed by atoms with Crippen LogP contribution in [0.4, 0.5) is 24.7 Å². The number of amides is 1. The molecule has 0 atom stereocenters. The molecule has 0 aliphatic rings. The number of nitrogens with two attached hydrogens (primary N) is 1. The molecule has 0 bridgehead atoms. The first-order chi connectivity index (χ1) is 17.6. The van der Waals surface area contributed by atoms with Gasteiger partial charge in [0.25, 0.3) is 5.91 Å². The van der Waals surface area contributed by atoms with Gasteiger partial charge in [-0.3, -0.25) is 19.1 Å². The van der Waals surface area contributed by atoms with Crippen LogP contribution < -0.4 is 10.6 Å². The summed E-state index contributed by atoms with van der Waals surface area (Å²) in [6, 6.07) is 3.81. The molecule has 1 amide bonds. The van der Waals surface area contributed by atoms with Crippen molar-refractivity contribution in [1.29, 1.82) is 0 Å². The number of anilines is 2. The molecule has 6 aromatic heterocycles. The number of nitrogens with one attached hydrogen (secondary N) is 1. The highest BCUT2D eigenvalue weighted by Crippen LogP contribution is 2.30. The van der Waals surface area contributed by atoms with Crippen LogP contribution in [0.2, 0.25) is 0 Å². The number of H-pyrrole nitrogens is 1. The van der Waals surface area contributed by atoms with Crippen LogP contribution in [0, 0.1) is 0 Å². The third-order valence-electron chi connectivity index (χ3n) is 6.10. The number of carbonyl (C=O) groups is 1. The van der Waals surface area contributed by atoms with Crippen molar-refractivity contribution in [2.24, 2.45) is 14.1 Å². The van der Waals surface area contributed by atoms with Crippen molar-refractivity contribution in [1.82, 2.24) is 38.9 Å². The molecule has 37 heavy (non-hydrogen) atoms. The Bertz CT molecular complexity index is 1820. The SMILES string of the molecule is Cn1cc(N(Cc2cn3cc(C(F)(F)F)ccc3n2)C(=O)c2cc3nc(N)c4c[nH]n(C)c4c3n2)cn1. The quantitative estimate of drug-likeness (QED) is 0.376. The Kier molecular flexibility index (Phi) is 4.77. The Morgan fingerprint density at radius 2 is 1.95 bits per heavy atom. The predicted molar refractivity (Wildman–Crippen MR) is 129 cm³/mol. The summed E-state index contributed by atoms with van der Waals surface area (Å²) in [5.74, 6) is -0.151. The molecule has 11 nitrogen and oxygen atoms in total. The molecule has 0 unspecified atom stereocenters. The number of nitrogens with zero attached hydrogens (tertiary/aromatic N) is 8. The second-order valence-electron chi connectivity index (χ2n) is 8.64. The minimum Gasteiger partial charge on any atom is -0.383 e. The Hall–Kier alpha value is -4.88. The van der Waals surface area contributed by atoms with Crippen molar-refractivity contribution < 1.29 is 18.0 Å². The van der Waals surface area contributed by atoms with Crippen molar-refractivity contribution >= 4 is 45.0 Å². The first-order valence-electron chi connectivity index (χ1n) is 11.0. The minimum absolute atomic E-state index is 0.0281. The van der Waals surface area contributed by atoms with E-state index in [-0.39, 0.29) is 12.2 Å². The molecular weight excluding hydrogens is 489 g/mol. The summed E-state index contributed by atoms with van der Waals surface area (Å²) in [5, 5.41) is 7.86. The lowest BCUT2D eigenvalue weighted by atomic mass is 10.2. The summed E-state index contributed by atoms with van der Waals surface area (Å²) < 4.78 is 44.0. The van der Waals surface area contributed by atoms with Gasteiger partial charge in [-0.15, -0.1) is 0 Å². The van der Waals surface area contributed by atoms with Gasteiger partial charge in [0, 0.05) is 38.9 Å². The summed E-state index contributed by atoms with van der Waals surface area (Å²) >= 11 is 0. The minimum atomic E-state index is -4.49. The molecule has 6 aromatic rings. The molecule has 0 spiro atoms. The van der Waals surface area contributed by atoms with Gasteiger partial charge < -0.3 is 15.2 Å². The summed E-state index contributed by atoms with van der Waals surface area (Å²) in [5.41, 5.74) is 8.27. The smallest absolute Gasteiger partial charge is 0.383 e. The Morgan fingerprint density at radius 1 is 1.14 bits per heavy atom. The molecular formula is C23H19F3N10O. The molecule has 0 saturated carbocycles. The highest BCUT2D eigenvalue weighted by molar-refractivity contribution is 6.11. The summed E-state index contributed by atoms with van der Waals surface area (Å²) in [6.45, 7) is -0.0281. The number of imidazole rings is 1. The first kappa shape index (κ1) is 22.6. The maximum atomic E-state index is 13.7. The normalized spacial score (nSPS) is 12.2. The molecule has 14 heteroatoms. The molecule has 6 rings (SSSR count). The fourth-order valence-electron chi connectivity index (χ4n) is 4.34. The van der Waals surface area contributed by atoms with Crippen molar-refractivity contribution in [2.75, 3.05) is 10.6 Å². The molecule has 0 aromatic carbocycles. The first-order valence-corrected chi connectivity index (χ1v) is 11.0. The van der Waals surface area contributed by atoms with Gasteiger partial charge in [-0.25, -0.2) is 15.0 Å². The summed E-state index contributed by atoms with van der Waals surface area (Å²) in [7, 11) is 3.51. The number of pyridine rings is 2. The average molecular weight is 508 g/mol. The number of aryl methyl sites for hydroxylation is 2. The third kappa shape index (κ3) is 3.73. The zero-order valence-electron chi connectivity index (χ0n) is 19.5. The van der Waals surface area contributed by atoms with Gasteiger partial charge >= 0.3 is 6.18 Å². The average Bonchev–Trinajstić information content (AvgIpc) is 3.61. The summed E-state index contributed by atoms with van der Waals surface area (Å²) in [6.07, 6.45) is 2.81. The second kappa shape index (κ2) is 7.81. The lowest BCUT2D eigenvalue weighted by Gasteiger charge is -2.19. The standard InChI is InChI=1S/C23H19F3N10O/c1-33-11-14(6-28-33)36(10-13-9-35-8-12(23(24,25)26)3-4-18(35)30-13)22(37)17-5-16-19(31-17)20-15(21(27)32-16)7-29-34(20)2/h3-9,11,29H,10H2,1-2H3,(H2,27,32). The molecule has 0 aliphatic carbocycles. The molecule has 0 radical (unpaired) electrons. The van der Waals surface area contributed by atoms with E-state index in [9.17, 15) is 18.0 Å². The van der Waals surface area contributed by atoms with Gasteiger partial charge in [0.1, 0.15) is 22.7 Å². The zero-order chi connectivity index (χ0) is 26.1. The zero-order valence-corrected chi connectivity index (χ0v) is 19.5. The predicted octanol–water partition coefficient (Wildman–Crippen LogP) is 3.28. The molecule has 3 N–H and O–H groups in total. The van der Waals surface area contributed by atoms with E-state index < -0.39 is 17.6 Å². The number of hydrogen-bond acceptors (Lipinski definition) is 6. The van der Waals surface area contributed by atoms with Gasteiger partial charge in [0.15, 0.2) is 0 Å².